The number of carbonyl (C=O) groups is 1. The number of aryl methyl sites for hydroxylation is 2. The first-order valence-electron chi connectivity index (χ1n) is 10.2. The van der Waals surface area contributed by atoms with E-state index in [2.05, 4.69) is 11.4 Å². The van der Waals surface area contributed by atoms with Gasteiger partial charge in [-0.25, -0.2) is 4.98 Å². The minimum absolute atomic E-state index is 0.0683. The van der Waals surface area contributed by atoms with Gasteiger partial charge in [0.2, 0.25) is 5.91 Å². The predicted molar refractivity (Wildman–Crippen MR) is 125 cm³/mol. The first kappa shape index (κ1) is 22.1. The van der Waals surface area contributed by atoms with Crippen LogP contribution in [0, 0.1) is 13.8 Å². The third-order valence-corrected chi connectivity index (χ3v) is 6.26. The molecule has 1 heterocycles. The molecule has 0 aliphatic rings. The second kappa shape index (κ2) is 8.64. The van der Waals surface area contributed by atoms with E-state index in [9.17, 15) is 9.59 Å². The Balaban J connectivity index is 2.11. The molecule has 3 rings (SSSR count). The molecule has 0 saturated heterocycles. The lowest BCUT2D eigenvalue weighted by atomic mass is 10.0. The SMILES string of the molecule is CCC(C)(C)NC(=O)C(C)Sc1nc2ccccc2c(=O)n1-c1cc(C)cc(C)c1. The topological polar surface area (TPSA) is 64.0 Å². The quantitative estimate of drug-likeness (QED) is 0.457. The third kappa shape index (κ3) is 4.75. The second-order valence-electron chi connectivity index (χ2n) is 8.38. The Morgan fingerprint density at radius 3 is 2.43 bits per heavy atom. The standard InChI is InChI=1S/C24H29N3O2S/c1-7-24(5,6)26-21(28)17(4)30-23-25-20-11-9-8-10-19(20)22(29)27(23)18-13-15(2)12-16(3)14-18/h8-14,17H,7H2,1-6H3,(H,26,28). The summed E-state index contributed by atoms with van der Waals surface area (Å²) in [7, 11) is 0. The average Bonchev–Trinajstić information content (AvgIpc) is 2.67. The largest absolute Gasteiger partial charge is 0.350 e. The molecule has 1 unspecified atom stereocenters. The summed E-state index contributed by atoms with van der Waals surface area (Å²) in [6, 6.07) is 13.3. The number of rotatable bonds is 6. The Labute approximate surface area is 181 Å². The minimum atomic E-state index is -0.402. The Hall–Kier alpha value is -2.60. The molecule has 3 aromatic rings. The second-order valence-corrected chi connectivity index (χ2v) is 9.69. The molecule has 0 aliphatic carbocycles. The summed E-state index contributed by atoms with van der Waals surface area (Å²) in [5, 5.41) is 3.75. The number of aromatic nitrogens is 2. The molecule has 1 atom stereocenters. The molecule has 0 bridgehead atoms. The molecule has 5 nitrogen and oxygen atoms in total. The fourth-order valence-corrected chi connectivity index (χ4v) is 4.16. The van der Waals surface area contributed by atoms with Gasteiger partial charge in [-0.05, 0) is 76.4 Å². The number of benzene rings is 2. The monoisotopic (exact) mass is 423 g/mol. The van der Waals surface area contributed by atoms with Crippen molar-refractivity contribution >= 4 is 28.6 Å². The van der Waals surface area contributed by atoms with Gasteiger partial charge in [-0.2, -0.15) is 0 Å². The highest BCUT2D eigenvalue weighted by Gasteiger charge is 2.25. The number of hydrogen-bond acceptors (Lipinski definition) is 4. The minimum Gasteiger partial charge on any atom is -0.350 e. The Kier molecular flexibility index (Phi) is 6.36. The number of nitrogens with zero attached hydrogens (tertiary/aromatic N) is 2. The van der Waals surface area contributed by atoms with E-state index in [1.54, 1.807) is 10.6 Å². The Morgan fingerprint density at radius 2 is 1.80 bits per heavy atom. The highest BCUT2D eigenvalue weighted by molar-refractivity contribution is 8.00. The van der Waals surface area contributed by atoms with Crippen molar-refractivity contribution in [3.8, 4) is 5.69 Å². The number of thioether (sulfide) groups is 1. The number of nitrogens with one attached hydrogen (secondary N) is 1. The van der Waals surface area contributed by atoms with E-state index in [4.69, 9.17) is 4.98 Å². The maximum Gasteiger partial charge on any atom is 0.266 e. The van der Waals surface area contributed by atoms with Gasteiger partial charge in [0.05, 0.1) is 21.8 Å². The van der Waals surface area contributed by atoms with Crippen molar-refractivity contribution in [3.63, 3.8) is 0 Å². The van der Waals surface area contributed by atoms with E-state index < -0.39 is 5.25 Å². The summed E-state index contributed by atoms with van der Waals surface area (Å²) in [4.78, 5) is 30.9. The van der Waals surface area contributed by atoms with E-state index in [1.807, 2.05) is 71.9 Å². The van der Waals surface area contributed by atoms with Crippen molar-refractivity contribution < 1.29 is 4.79 Å². The van der Waals surface area contributed by atoms with Crippen molar-refractivity contribution in [1.29, 1.82) is 0 Å². The lowest BCUT2D eigenvalue weighted by Crippen LogP contribution is -2.46. The number of amides is 1. The lowest BCUT2D eigenvalue weighted by molar-refractivity contribution is -0.121. The molecular formula is C24H29N3O2S. The molecular weight excluding hydrogens is 394 g/mol. The fraction of sp³-hybridized carbons (Fsp3) is 0.375. The molecule has 1 aromatic heterocycles. The van der Waals surface area contributed by atoms with Crippen LogP contribution in [0.1, 0.15) is 45.2 Å². The Morgan fingerprint density at radius 1 is 1.17 bits per heavy atom. The highest BCUT2D eigenvalue weighted by atomic mass is 32.2. The van der Waals surface area contributed by atoms with E-state index >= 15 is 0 Å². The zero-order valence-corrected chi connectivity index (χ0v) is 19.3. The van der Waals surface area contributed by atoms with Crippen molar-refractivity contribution in [3.05, 3.63) is 63.9 Å². The summed E-state index contributed by atoms with van der Waals surface area (Å²) in [5.41, 5.74) is 3.12. The van der Waals surface area contributed by atoms with Crippen molar-refractivity contribution in [2.45, 2.75) is 63.9 Å². The van der Waals surface area contributed by atoms with Crippen molar-refractivity contribution in [2.75, 3.05) is 0 Å². The van der Waals surface area contributed by atoms with Gasteiger partial charge in [0, 0.05) is 5.54 Å². The smallest absolute Gasteiger partial charge is 0.266 e. The van der Waals surface area contributed by atoms with Crippen molar-refractivity contribution in [2.24, 2.45) is 0 Å². The zero-order chi connectivity index (χ0) is 22.1. The normalized spacial score (nSPS) is 12.7. The summed E-state index contributed by atoms with van der Waals surface area (Å²) < 4.78 is 1.63. The lowest BCUT2D eigenvalue weighted by Gasteiger charge is -2.26. The van der Waals surface area contributed by atoms with Gasteiger partial charge in [0.15, 0.2) is 5.16 Å². The molecule has 1 amide bonds. The summed E-state index contributed by atoms with van der Waals surface area (Å²) in [5.74, 6) is -0.0683. The van der Waals surface area contributed by atoms with E-state index in [0.717, 1.165) is 23.2 Å². The molecule has 0 saturated carbocycles. The average molecular weight is 424 g/mol. The van der Waals surface area contributed by atoms with Crippen LogP contribution in [0.3, 0.4) is 0 Å². The summed E-state index contributed by atoms with van der Waals surface area (Å²) in [6.45, 7) is 11.9. The predicted octanol–water partition coefficient (Wildman–Crippen LogP) is 4.79. The fourth-order valence-electron chi connectivity index (χ4n) is 3.23. The summed E-state index contributed by atoms with van der Waals surface area (Å²) >= 11 is 1.30. The number of fused-ring (bicyclic) bond motifs is 1. The molecule has 158 valence electrons. The molecule has 2 aromatic carbocycles. The number of para-hydroxylation sites is 1. The van der Waals surface area contributed by atoms with Crippen LogP contribution in [-0.2, 0) is 4.79 Å². The van der Waals surface area contributed by atoms with Crippen LogP contribution in [0.2, 0.25) is 0 Å². The van der Waals surface area contributed by atoms with Gasteiger partial charge in [-0.15, -0.1) is 0 Å². The van der Waals surface area contributed by atoms with Gasteiger partial charge in [0.1, 0.15) is 0 Å². The maximum atomic E-state index is 13.4. The van der Waals surface area contributed by atoms with E-state index in [-0.39, 0.29) is 17.0 Å². The van der Waals surface area contributed by atoms with E-state index in [1.165, 1.54) is 11.8 Å². The van der Waals surface area contributed by atoms with Crippen LogP contribution in [0.4, 0.5) is 0 Å². The van der Waals surface area contributed by atoms with Crippen LogP contribution in [-0.4, -0.2) is 26.2 Å². The zero-order valence-electron chi connectivity index (χ0n) is 18.4. The highest BCUT2D eigenvalue weighted by Crippen LogP contribution is 2.26. The molecule has 30 heavy (non-hydrogen) atoms. The van der Waals surface area contributed by atoms with Crippen molar-refractivity contribution in [1.82, 2.24) is 14.9 Å². The molecule has 1 N–H and O–H groups in total. The molecule has 0 fully saturated rings. The Bertz CT molecular complexity index is 1130. The molecule has 0 radical (unpaired) electrons. The first-order chi connectivity index (χ1) is 14.1. The van der Waals surface area contributed by atoms with Crippen LogP contribution >= 0.6 is 11.8 Å². The van der Waals surface area contributed by atoms with Gasteiger partial charge >= 0.3 is 0 Å². The summed E-state index contributed by atoms with van der Waals surface area (Å²) in [6.07, 6.45) is 0.831. The molecule has 0 spiro atoms. The molecule has 6 heteroatoms. The van der Waals surface area contributed by atoms with Gasteiger partial charge in [0.25, 0.3) is 5.56 Å². The first-order valence-corrected chi connectivity index (χ1v) is 11.1. The number of hydrogen-bond donors (Lipinski definition) is 1. The van der Waals surface area contributed by atoms with Crippen LogP contribution < -0.4 is 10.9 Å². The molecule has 0 aliphatic heterocycles. The van der Waals surface area contributed by atoms with Crippen LogP contribution in [0.5, 0.6) is 0 Å². The van der Waals surface area contributed by atoms with Crippen LogP contribution in [0.25, 0.3) is 16.6 Å². The van der Waals surface area contributed by atoms with Crippen LogP contribution in [0.15, 0.2) is 52.4 Å². The van der Waals surface area contributed by atoms with E-state index in [0.29, 0.717) is 16.1 Å². The van der Waals surface area contributed by atoms with Gasteiger partial charge < -0.3 is 5.32 Å². The maximum absolute atomic E-state index is 13.4. The van der Waals surface area contributed by atoms with Gasteiger partial charge in [-0.3, -0.25) is 14.2 Å². The van der Waals surface area contributed by atoms with Gasteiger partial charge in [-0.1, -0.05) is 36.9 Å². The number of carbonyl (C=O) groups excluding carboxylic acids is 1. The third-order valence-electron chi connectivity index (χ3n) is 5.21.